The first kappa shape index (κ1) is 12.2. The lowest BCUT2D eigenvalue weighted by molar-refractivity contribution is -0.132. The number of rotatable bonds is 4. The third-order valence-electron chi connectivity index (χ3n) is 2.76. The van der Waals surface area contributed by atoms with E-state index in [-0.39, 0.29) is 18.0 Å². The number of carbonyl (C=O) groups is 1. The van der Waals surface area contributed by atoms with Gasteiger partial charge < -0.3 is 4.74 Å². The summed E-state index contributed by atoms with van der Waals surface area (Å²) in [5.74, 6) is -0.131. The molecule has 0 aliphatic carbocycles. The van der Waals surface area contributed by atoms with Gasteiger partial charge >= 0.3 is 0 Å². The van der Waals surface area contributed by atoms with Gasteiger partial charge in [0, 0.05) is 0 Å². The summed E-state index contributed by atoms with van der Waals surface area (Å²) in [7, 11) is 0. The zero-order valence-electron chi connectivity index (χ0n) is 9.69. The molecular weight excluding hydrogens is 190 g/mol. The van der Waals surface area contributed by atoms with E-state index in [0.717, 1.165) is 12.8 Å². The number of Topliss-reactive ketones (excluding diaryl/α,β-unsaturated/α-hetero) is 1. The minimum Gasteiger partial charge on any atom is -0.367 e. The van der Waals surface area contributed by atoms with E-state index in [4.69, 9.17) is 10.00 Å². The van der Waals surface area contributed by atoms with Crippen molar-refractivity contribution >= 4 is 5.78 Å². The Morgan fingerprint density at radius 2 is 2.20 bits per heavy atom. The van der Waals surface area contributed by atoms with Crippen molar-refractivity contribution in [3.8, 4) is 6.07 Å². The van der Waals surface area contributed by atoms with Crippen LogP contribution in [-0.4, -0.2) is 18.0 Å². The molecule has 3 atom stereocenters. The lowest BCUT2D eigenvalue weighted by atomic mass is 9.91. The molecule has 0 aromatic carbocycles. The van der Waals surface area contributed by atoms with Crippen molar-refractivity contribution in [2.24, 2.45) is 11.8 Å². The van der Waals surface area contributed by atoms with Gasteiger partial charge in [-0.15, -0.1) is 0 Å². The Kier molecular flexibility index (Phi) is 4.28. The van der Waals surface area contributed by atoms with E-state index in [9.17, 15) is 4.79 Å². The molecule has 0 bridgehead atoms. The first-order chi connectivity index (χ1) is 7.04. The van der Waals surface area contributed by atoms with Crippen LogP contribution in [0.4, 0.5) is 0 Å². The van der Waals surface area contributed by atoms with Crippen molar-refractivity contribution in [3.05, 3.63) is 0 Å². The summed E-state index contributed by atoms with van der Waals surface area (Å²) in [6, 6.07) is 2.10. The molecule has 0 spiro atoms. The molecule has 3 unspecified atom stereocenters. The Labute approximate surface area is 91.4 Å². The molecule has 0 amide bonds. The summed E-state index contributed by atoms with van der Waals surface area (Å²) in [6.45, 7) is 6.02. The fourth-order valence-corrected chi connectivity index (χ4v) is 1.94. The molecule has 15 heavy (non-hydrogen) atoms. The highest BCUT2D eigenvalue weighted by Crippen LogP contribution is 2.24. The number of hydrogen-bond donors (Lipinski definition) is 0. The Morgan fingerprint density at radius 1 is 1.53 bits per heavy atom. The van der Waals surface area contributed by atoms with Gasteiger partial charge in [-0.25, -0.2) is 0 Å². The van der Waals surface area contributed by atoms with Gasteiger partial charge in [0.05, 0.1) is 12.2 Å². The van der Waals surface area contributed by atoms with Crippen LogP contribution >= 0.6 is 0 Å². The number of carbonyl (C=O) groups excluding carboxylic acids is 1. The molecule has 0 aromatic heterocycles. The van der Waals surface area contributed by atoms with Crippen molar-refractivity contribution in [3.63, 3.8) is 0 Å². The number of ketones is 1. The normalized spacial score (nSPS) is 27.7. The first-order valence-corrected chi connectivity index (χ1v) is 5.63. The van der Waals surface area contributed by atoms with Crippen molar-refractivity contribution in [1.29, 1.82) is 5.26 Å². The Bertz CT molecular complexity index is 267. The summed E-state index contributed by atoms with van der Waals surface area (Å²) in [6.07, 6.45) is 2.18. The van der Waals surface area contributed by atoms with Crippen LogP contribution in [0.15, 0.2) is 0 Å². The van der Waals surface area contributed by atoms with E-state index in [1.54, 1.807) is 0 Å². The number of nitrogens with zero attached hydrogens (tertiary/aromatic N) is 1. The summed E-state index contributed by atoms with van der Waals surface area (Å²) in [5, 5.41) is 8.95. The lowest BCUT2D eigenvalue weighted by Crippen LogP contribution is -2.28. The van der Waals surface area contributed by atoms with Crippen LogP contribution in [-0.2, 0) is 9.53 Å². The minimum atomic E-state index is -0.486. The number of nitriles is 1. The Balaban J connectivity index is 2.54. The molecule has 3 nitrogen and oxygen atoms in total. The zero-order chi connectivity index (χ0) is 11.4. The van der Waals surface area contributed by atoms with Crippen LogP contribution in [0, 0.1) is 23.2 Å². The molecule has 3 heteroatoms. The van der Waals surface area contributed by atoms with E-state index in [1.165, 1.54) is 0 Å². The third-order valence-corrected chi connectivity index (χ3v) is 2.76. The second kappa shape index (κ2) is 5.27. The van der Waals surface area contributed by atoms with Gasteiger partial charge in [-0.3, -0.25) is 4.79 Å². The largest absolute Gasteiger partial charge is 0.367 e. The maximum Gasteiger partial charge on any atom is 0.178 e. The summed E-state index contributed by atoms with van der Waals surface area (Å²) in [5.41, 5.74) is 0. The van der Waals surface area contributed by atoms with E-state index in [0.29, 0.717) is 12.3 Å². The average Bonchev–Trinajstić information content (AvgIpc) is 2.60. The third kappa shape index (κ3) is 3.32. The predicted octanol–water partition coefficient (Wildman–Crippen LogP) is 2.31. The van der Waals surface area contributed by atoms with Gasteiger partial charge in [0.25, 0.3) is 0 Å². The van der Waals surface area contributed by atoms with Crippen LogP contribution in [0.25, 0.3) is 0 Å². The second-order valence-corrected chi connectivity index (χ2v) is 4.73. The summed E-state index contributed by atoms with van der Waals surface area (Å²) < 4.78 is 5.49. The van der Waals surface area contributed by atoms with Crippen molar-refractivity contribution < 1.29 is 9.53 Å². The van der Waals surface area contributed by atoms with E-state index in [1.807, 2.05) is 20.8 Å². The van der Waals surface area contributed by atoms with Crippen molar-refractivity contribution in [2.75, 3.05) is 0 Å². The standard InChI is InChI=1S/C12H19NO2/c1-8(2)6-10(7-13)12(14)11-5-4-9(3)15-11/h8-11H,4-6H2,1-3H3. The molecule has 1 aliphatic heterocycles. The SMILES string of the molecule is CC(C)CC(C#N)C(=O)C1CCC(C)O1. The summed E-state index contributed by atoms with van der Waals surface area (Å²) in [4.78, 5) is 11.9. The Hall–Kier alpha value is -0.880. The fourth-order valence-electron chi connectivity index (χ4n) is 1.94. The predicted molar refractivity (Wildman–Crippen MR) is 57.1 cm³/mol. The van der Waals surface area contributed by atoms with Gasteiger partial charge in [-0.1, -0.05) is 13.8 Å². The van der Waals surface area contributed by atoms with Gasteiger partial charge in [-0.2, -0.15) is 5.26 Å². The highest BCUT2D eigenvalue weighted by molar-refractivity contribution is 5.87. The fraction of sp³-hybridized carbons (Fsp3) is 0.833. The highest BCUT2D eigenvalue weighted by atomic mass is 16.5. The van der Waals surface area contributed by atoms with Crippen LogP contribution < -0.4 is 0 Å². The maximum atomic E-state index is 11.9. The van der Waals surface area contributed by atoms with Gasteiger partial charge in [0.15, 0.2) is 5.78 Å². The summed E-state index contributed by atoms with van der Waals surface area (Å²) >= 11 is 0. The monoisotopic (exact) mass is 209 g/mol. The molecule has 1 aliphatic rings. The molecule has 0 saturated carbocycles. The molecule has 1 saturated heterocycles. The van der Waals surface area contributed by atoms with Crippen LogP contribution in [0.3, 0.4) is 0 Å². The molecule has 84 valence electrons. The number of hydrogen-bond acceptors (Lipinski definition) is 3. The van der Waals surface area contributed by atoms with Crippen molar-refractivity contribution in [1.82, 2.24) is 0 Å². The van der Waals surface area contributed by atoms with Gasteiger partial charge in [0.1, 0.15) is 12.0 Å². The molecule has 1 rings (SSSR count). The Morgan fingerprint density at radius 3 is 2.60 bits per heavy atom. The van der Waals surface area contributed by atoms with Gasteiger partial charge in [0.2, 0.25) is 0 Å². The van der Waals surface area contributed by atoms with E-state index in [2.05, 4.69) is 6.07 Å². The minimum absolute atomic E-state index is 0.0180. The molecule has 0 aromatic rings. The van der Waals surface area contributed by atoms with E-state index < -0.39 is 5.92 Å². The maximum absolute atomic E-state index is 11.9. The number of ether oxygens (including phenoxy) is 1. The molecule has 1 heterocycles. The highest BCUT2D eigenvalue weighted by Gasteiger charge is 2.33. The second-order valence-electron chi connectivity index (χ2n) is 4.73. The van der Waals surface area contributed by atoms with Crippen LogP contribution in [0.1, 0.15) is 40.0 Å². The molecule has 0 N–H and O–H groups in total. The van der Waals surface area contributed by atoms with E-state index >= 15 is 0 Å². The topological polar surface area (TPSA) is 50.1 Å². The average molecular weight is 209 g/mol. The zero-order valence-corrected chi connectivity index (χ0v) is 9.69. The molecule has 1 fully saturated rings. The smallest absolute Gasteiger partial charge is 0.178 e. The first-order valence-electron chi connectivity index (χ1n) is 5.63. The molecular formula is C12H19NO2. The molecule has 0 radical (unpaired) electrons. The lowest BCUT2D eigenvalue weighted by Gasteiger charge is -2.15. The van der Waals surface area contributed by atoms with Gasteiger partial charge in [-0.05, 0) is 32.1 Å². The van der Waals surface area contributed by atoms with Crippen molar-refractivity contribution in [2.45, 2.75) is 52.2 Å². The van der Waals surface area contributed by atoms with Crippen LogP contribution in [0.5, 0.6) is 0 Å². The quantitative estimate of drug-likeness (QED) is 0.714. The van der Waals surface area contributed by atoms with Crippen LogP contribution in [0.2, 0.25) is 0 Å².